The number of aryl methyl sites for hydroxylation is 1. The number of pyridine rings is 1. The second-order valence-corrected chi connectivity index (χ2v) is 7.75. The van der Waals surface area contributed by atoms with Gasteiger partial charge in [0, 0.05) is 25.2 Å². The van der Waals surface area contributed by atoms with Gasteiger partial charge in [-0.05, 0) is 62.6 Å². The van der Waals surface area contributed by atoms with Crippen molar-refractivity contribution in [1.82, 2.24) is 4.98 Å². The van der Waals surface area contributed by atoms with Crippen LogP contribution >= 0.6 is 0 Å². The molecular formula is C27H37NO3. The summed E-state index contributed by atoms with van der Waals surface area (Å²) in [6, 6.07) is 12.3. The first-order valence-corrected chi connectivity index (χ1v) is 11.7. The molecule has 0 bridgehead atoms. The number of carbonyl (C=O) groups is 1. The summed E-state index contributed by atoms with van der Waals surface area (Å²) in [6.07, 6.45) is 14.7. The van der Waals surface area contributed by atoms with E-state index in [0.717, 1.165) is 63.0 Å². The van der Waals surface area contributed by atoms with Crippen LogP contribution in [0.3, 0.4) is 0 Å². The predicted molar refractivity (Wildman–Crippen MR) is 127 cm³/mol. The van der Waals surface area contributed by atoms with Crippen LogP contribution in [-0.2, 0) is 16.0 Å². The quantitative estimate of drug-likeness (QED) is 0.177. The molecule has 0 saturated carbocycles. The zero-order valence-electron chi connectivity index (χ0n) is 19.1. The van der Waals surface area contributed by atoms with E-state index < -0.39 is 0 Å². The minimum absolute atomic E-state index is 0.208. The number of benzene rings is 1. The molecule has 1 aromatic heterocycles. The van der Waals surface area contributed by atoms with Crippen LogP contribution in [0.5, 0.6) is 5.75 Å². The van der Waals surface area contributed by atoms with Crippen molar-refractivity contribution in [3.05, 3.63) is 60.3 Å². The van der Waals surface area contributed by atoms with Crippen LogP contribution in [0.1, 0.15) is 70.8 Å². The maximum absolute atomic E-state index is 11.9. The first kappa shape index (κ1) is 24.8. The second-order valence-electron chi connectivity index (χ2n) is 7.75. The van der Waals surface area contributed by atoms with E-state index in [1.165, 1.54) is 18.4 Å². The Morgan fingerprint density at radius 1 is 0.935 bits per heavy atom. The molecular weight excluding hydrogens is 386 g/mol. The number of hydrogen-bond donors (Lipinski definition) is 0. The summed E-state index contributed by atoms with van der Waals surface area (Å²) >= 11 is 0. The van der Waals surface area contributed by atoms with Crippen LogP contribution in [0.25, 0.3) is 11.3 Å². The van der Waals surface area contributed by atoms with Crippen molar-refractivity contribution in [2.24, 2.45) is 0 Å². The number of aromatic nitrogens is 1. The van der Waals surface area contributed by atoms with E-state index >= 15 is 0 Å². The molecule has 0 aliphatic carbocycles. The normalized spacial score (nSPS) is 11.2. The molecule has 4 nitrogen and oxygen atoms in total. The molecule has 2 rings (SSSR count). The molecule has 0 aliphatic heterocycles. The molecule has 4 heteroatoms. The Kier molecular flexibility index (Phi) is 12.3. The lowest BCUT2D eigenvalue weighted by Gasteiger charge is -2.07. The minimum Gasteiger partial charge on any atom is -0.425 e. The zero-order valence-corrected chi connectivity index (χ0v) is 19.1. The van der Waals surface area contributed by atoms with Crippen LogP contribution in [0.15, 0.2) is 54.7 Å². The topological polar surface area (TPSA) is 48.4 Å². The monoisotopic (exact) mass is 423 g/mol. The second kappa shape index (κ2) is 15.4. The van der Waals surface area contributed by atoms with Gasteiger partial charge in [-0.3, -0.25) is 9.78 Å². The smallest absolute Gasteiger partial charge is 0.311 e. The van der Waals surface area contributed by atoms with Gasteiger partial charge in [0.25, 0.3) is 0 Å². The highest BCUT2D eigenvalue weighted by molar-refractivity contribution is 5.72. The first-order valence-electron chi connectivity index (χ1n) is 11.7. The Balaban J connectivity index is 1.73. The van der Waals surface area contributed by atoms with Gasteiger partial charge in [-0.25, -0.2) is 0 Å². The van der Waals surface area contributed by atoms with Crippen LogP contribution < -0.4 is 4.74 Å². The Labute approximate surface area is 187 Å². The maximum atomic E-state index is 11.9. The third-order valence-electron chi connectivity index (χ3n) is 4.97. The third kappa shape index (κ3) is 10.4. The fraction of sp³-hybridized carbons (Fsp3) is 0.481. The molecule has 1 heterocycles. The van der Waals surface area contributed by atoms with Gasteiger partial charge in [0.2, 0.25) is 0 Å². The van der Waals surface area contributed by atoms with E-state index in [1.807, 2.05) is 12.1 Å². The lowest BCUT2D eigenvalue weighted by atomic mass is 10.0. The highest BCUT2D eigenvalue weighted by Gasteiger charge is 2.06. The molecule has 0 saturated heterocycles. The zero-order chi connectivity index (χ0) is 22.2. The number of nitrogens with zero attached hydrogens (tertiary/aromatic N) is 1. The van der Waals surface area contributed by atoms with Crippen LogP contribution in [-0.4, -0.2) is 24.2 Å². The van der Waals surface area contributed by atoms with Gasteiger partial charge in [-0.15, -0.1) is 0 Å². The van der Waals surface area contributed by atoms with Gasteiger partial charge in [-0.1, -0.05) is 56.7 Å². The summed E-state index contributed by atoms with van der Waals surface area (Å²) in [6.45, 7) is 5.98. The maximum Gasteiger partial charge on any atom is 0.311 e. The Hall–Kier alpha value is -2.46. The number of hydrogen-bond acceptors (Lipinski definition) is 4. The molecule has 168 valence electrons. The highest BCUT2D eigenvalue weighted by Crippen LogP contribution is 2.21. The summed E-state index contributed by atoms with van der Waals surface area (Å²) in [4.78, 5) is 16.4. The summed E-state index contributed by atoms with van der Waals surface area (Å²) < 4.78 is 10.9. The van der Waals surface area contributed by atoms with E-state index in [9.17, 15) is 4.79 Å². The predicted octanol–water partition coefficient (Wildman–Crippen LogP) is 6.93. The highest BCUT2D eigenvalue weighted by atomic mass is 16.5. The van der Waals surface area contributed by atoms with E-state index in [-0.39, 0.29) is 5.97 Å². The molecule has 31 heavy (non-hydrogen) atoms. The molecule has 2 aromatic rings. The molecule has 0 fully saturated rings. The Bertz CT molecular complexity index is 766. The molecule has 0 N–H and O–H groups in total. The molecule has 0 atom stereocenters. The van der Waals surface area contributed by atoms with E-state index in [4.69, 9.17) is 9.47 Å². The summed E-state index contributed by atoms with van der Waals surface area (Å²) in [7, 11) is 0. The largest absolute Gasteiger partial charge is 0.425 e. The van der Waals surface area contributed by atoms with Gasteiger partial charge in [-0.2, -0.15) is 0 Å². The van der Waals surface area contributed by atoms with Crippen molar-refractivity contribution in [3.8, 4) is 17.0 Å². The molecule has 0 spiro atoms. The van der Waals surface area contributed by atoms with Crippen molar-refractivity contribution < 1.29 is 14.3 Å². The third-order valence-corrected chi connectivity index (χ3v) is 4.97. The fourth-order valence-electron chi connectivity index (χ4n) is 3.24. The van der Waals surface area contributed by atoms with Crippen LogP contribution in [0.4, 0.5) is 0 Å². The minimum atomic E-state index is -0.208. The molecule has 0 amide bonds. The van der Waals surface area contributed by atoms with Gasteiger partial charge < -0.3 is 9.47 Å². The summed E-state index contributed by atoms with van der Waals surface area (Å²) in [5.41, 5.74) is 3.29. The van der Waals surface area contributed by atoms with Crippen LogP contribution in [0.2, 0.25) is 0 Å². The Morgan fingerprint density at radius 2 is 1.77 bits per heavy atom. The number of unbranched alkanes of at least 4 members (excludes halogenated alkanes) is 3. The number of esters is 1. The molecule has 1 aromatic carbocycles. The lowest BCUT2D eigenvalue weighted by Crippen LogP contribution is -2.07. The summed E-state index contributed by atoms with van der Waals surface area (Å²) in [5.74, 6) is 0.290. The van der Waals surface area contributed by atoms with Gasteiger partial charge in [0.05, 0.1) is 11.9 Å². The van der Waals surface area contributed by atoms with Crippen molar-refractivity contribution in [2.75, 3.05) is 13.2 Å². The molecule has 0 aliphatic rings. The van der Waals surface area contributed by atoms with Crippen LogP contribution in [0, 0.1) is 0 Å². The van der Waals surface area contributed by atoms with Gasteiger partial charge in [0.15, 0.2) is 0 Å². The van der Waals surface area contributed by atoms with Crippen molar-refractivity contribution in [1.29, 1.82) is 0 Å². The number of allylic oxidation sites excluding steroid dienone is 2. The van der Waals surface area contributed by atoms with Crippen molar-refractivity contribution in [2.45, 2.75) is 71.6 Å². The standard InChI is InChI=1S/C27H37NO3/c1-3-5-6-7-10-13-27(29)31-25-18-19-26(28-22-25)24-16-14-23(15-17-24)12-9-8-11-21-30-20-4-2/h5-6,14-19,22H,3-4,7-13,20-21H2,1-2H3/b6-5-. The van der Waals surface area contributed by atoms with Crippen molar-refractivity contribution >= 4 is 5.97 Å². The fourth-order valence-corrected chi connectivity index (χ4v) is 3.24. The van der Waals surface area contributed by atoms with E-state index in [0.29, 0.717) is 12.2 Å². The van der Waals surface area contributed by atoms with Gasteiger partial charge >= 0.3 is 5.97 Å². The molecule has 0 radical (unpaired) electrons. The number of ether oxygens (including phenoxy) is 2. The lowest BCUT2D eigenvalue weighted by molar-refractivity contribution is -0.134. The number of rotatable bonds is 15. The van der Waals surface area contributed by atoms with Gasteiger partial charge in [0.1, 0.15) is 5.75 Å². The average Bonchev–Trinajstić information content (AvgIpc) is 2.79. The van der Waals surface area contributed by atoms with Crippen molar-refractivity contribution in [3.63, 3.8) is 0 Å². The average molecular weight is 424 g/mol. The number of carbonyl (C=O) groups excluding carboxylic acids is 1. The van der Waals surface area contributed by atoms with E-state index in [1.54, 1.807) is 6.20 Å². The summed E-state index contributed by atoms with van der Waals surface area (Å²) in [5, 5.41) is 0. The Morgan fingerprint density at radius 3 is 2.48 bits per heavy atom. The molecule has 0 unspecified atom stereocenters. The first-order chi connectivity index (χ1) is 15.2. The van der Waals surface area contributed by atoms with E-state index in [2.05, 4.69) is 55.2 Å². The SMILES string of the molecule is CC/C=C\CCCC(=O)Oc1ccc(-c2ccc(CCCCCOCCC)cc2)nc1.